The predicted molar refractivity (Wildman–Crippen MR) is 80.7 cm³/mol. The van der Waals surface area contributed by atoms with E-state index in [-0.39, 0.29) is 11.9 Å². The number of rotatable bonds is 4. The lowest BCUT2D eigenvalue weighted by Crippen LogP contribution is -2.27. The van der Waals surface area contributed by atoms with Gasteiger partial charge in [-0.25, -0.2) is 0 Å². The molecule has 5 heteroatoms. The van der Waals surface area contributed by atoms with Crippen LogP contribution in [0.25, 0.3) is 0 Å². The molecule has 0 saturated heterocycles. The van der Waals surface area contributed by atoms with Gasteiger partial charge in [-0.3, -0.25) is 4.79 Å². The SMILES string of the molecule is CC(NC(=O)Cc1ccc(C#N)cc1)c1ccc(Cl)s1. The minimum atomic E-state index is -0.0571. The lowest BCUT2D eigenvalue weighted by atomic mass is 10.1. The lowest BCUT2D eigenvalue weighted by Gasteiger charge is -2.12. The number of hydrogen-bond donors (Lipinski definition) is 1. The van der Waals surface area contributed by atoms with Gasteiger partial charge in [0.25, 0.3) is 0 Å². The number of nitrogens with one attached hydrogen (secondary N) is 1. The number of amides is 1. The van der Waals surface area contributed by atoms with Crippen molar-refractivity contribution >= 4 is 28.8 Å². The minimum absolute atomic E-state index is 0.0493. The highest BCUT2D eigenvalue weighted by Crippen LogP contribution is 2.26. The van der Waals surface area contributed by atoms with Crippen LogP contribution in [0.15, 0.2) is 36.4 Å². The fourth-order valence-corrected chi connectivity index (χ4v) is 2.87. The summed E-state index contributed by atoms with van der Waals surface area (Å²) in [5.41, 5.74) is 1.48. The van der Waals surface area contributed by atoms with Gasteiger partial charge in [0.2, 0.25) is 5.91 Å². The van der Waals surface area contributed by atoms with Gasteiger partial charge in [0.1, 0.15) is 0 Å². The molecule has 1 aromatic carbocycles. The Bertz CT molecular complexity index is 643. The number of benzene rings is 1. The van der Waals surface area contributed by atoms with Crippen LogP contribution in [0.4, 0.5) is 0 Å². The zero-order valence-electron chi connectivity index (χ0n) is 10.9. The molecular weight excluding hydrogens is 292 g/mol. The number of hydrogen-bond acceptors (Lipinski definition) is 3. The third-order valence-corrected chi connectivity index (χ3v) is 4.26. The Hall–Kier alpha value is -1.83. The molecule has 1 atom stereocenters. The molecule has 1 amide bonds. The average Bonchev–Trinajstić information content (AvgIpc) is 2.86. The van der Waals surface area contributed by atoms with Gasteiger partial charge in [-0.1, -0.05) is 23.7 Å². The van der Waals surface area contributed by atoms with Crippen LogP contribution < -0.4 is 5.32 Å². The zero-order chi connectivity index (χ0) is 14.5. The molecule has 1 heterocycles. The molecule has 0 bridgehead atoms. The Balaban J connectivity index is 1.93. The second-order valence-corrected chi connectivity index (χ2v) is 6.16. The number of nitriles is 1. The molecule has 1 aromatic heterocycles. The molecule has 1 N–H and O–H groups in total. The summed E-state index contributed by atoms with van der Waals surface area (Å²) in [6.07, 6.45) is 0.301. The van der Waals surface area contributed by atoms with Crippen LogP contribution in [0, 0.1) is 11.3 Å². The molecule has 0 aliphatic heterocycles. The Morgan fingerprint density at radius 3 is 2.60 bits per heavy atom. The first-order chi connectivity index (χ1) is 9.58. The normalized spacial score (nSPS) is 11.7. The largest absolute Gasteiger partial charge is 0.348 e. The van der Waals surface area contributed by atoms with Crippen LogP contribution in [0.1, 0.15) is 29.0 Å². The van der Waals surface area contributed by atoms with Crippen LogP contribution in [0.3, 0.4) is 0 Å². The number of nitrogens with zero attached hydrogens (tertiary/aromatic N) is 1. The van der Waals surface area contributed by atoms with Crippen molar-refractivity contribution in [3.63, 3.8) is 0 Å². The third-order valence-electron chi connectivity index (χ3n) is 2.85. The number of carbonyl (C=O) groups excluding carboxylic acids is 1. The quantitative estimate of drug-likeness (QED) is 0.936. The number of halogens is 1. The first-order valence-corrected chi connectivity index (χ1v) is 7.31. The monoisotopic (exact) mass is 304 g/mol. The number of thiophene rings is 1. The van der Waals surface area contributed by atoms with Gasteiger partial charge in [0.15, 0.2) is 0 Å². The summed E-state index contributed by atoms with van der Waals surface area (Å²) in [5.74, 6) is -0.0493. The van der Waals surface area contributed by atoms with E-state index in [1.165, 1.54) is 11.3 Å². The van der Waals surface area contributed by atoms with E-state index in [9.17, 15) is 4.79 Å². The highest BCUT2D eigenvalue weighted by Gasteiger charge is 2.12. The van der Waals surface area contributed by atoms with Crippen LogP contribution in [-0.4, -0.2) is 5.91 Å². The van der Waals surface area contributed by atoms with E-state index in [0.717, 1.165) is 10.4 Å². The first kappa shape index (κ1) is 14.6. The summed E-state index contributed by atoms with van der Waals surface area (Å²) in [6.45, 7) is 1.93. The Labute approximate surface area is 126 Å². The minimum Gasteiger partial charge on any atom is -0.348 e. The van der Waals surface area contributed by atoms with Crippen LogP contribution in [0.5, 0.6) is 0 Å². The Morgan fingerprint density at radius 2 is 2.05 bits per heavy atom. The van der Waals surface area contributed by atoms with Gasteiger partial charge in [-0.15, -0.1) is 11.3 Å². The smallest absolute Gasteiger partial charge is 0.224 e. The maximum Gasteiger partial charge on any atom is 0.224 e. The summed E-state index contributed by atoms with van der Waals surface area (Å²) in [5, 5.41) is 11.7. The number of carbonyl (C=O) groups is 1. The van der Waals surface area contributed by atoms with Crippen molar-refractivity contribution in [1.82, 2.24) is 5.32 Å². The molecule has 0 saturated carbocycles. The van der Waals surface area contributed by atoms with E-state index in [4.69, 9.17) is 16.9 Å². The fraction of sp³-hybridized carbons (Fsp3) is 0.200. The zero-order valence-corrected chi connectivity index (χ0v) is 12.5. The van der Waals surface area contributed by atoms with E-state index < -0.39 is 0 Å². The standard InChI is InChI=1S/C15H13ClN2OS/c1-10(13-6-7-14(16)20-13)18-15(19)8-11-2-4-12(9-17)5-3-11/h2-7,10H,8H2,1H3,(H,18,19). The first-order valence-electron chi connectivity index (χ1n) is 6.12. The molecule has 0 radical (unpaired) electrons. The topological polar surface area (TPSA) is 52.9 Å². The molecule has 102 valence electrons. The predicted octanol–water partition coefficient (Wildman–Crippen LogP) is 3.69. The molecular formula is C15H13ClN2OS. The van der Waals surface area contributed by atoms with Gasteiger partial charge >= 0.3 is 0 Å². The maximum absolute atomic E-state index is 12.0. The van der Waals surface area contributed by atoms with Crippen LogP contribution in [0.2, 0.25) is 4.34 Å². The van der Waals surface area contributed by atoms with Gasteiger partial charge in [0.05, 0.1) is 28.4 Å². The van der Waals surface area contributed by atoms with Crippen molar-refractivity contribution in [2.24, 2.45) is 0 Å². The summed E-state index contributed by atoms with van der Waals surface area (Å²) < 4.78 is 0.716. The van der Waals surface area contributed by atoms with E-state index in [0.29, 0.717) is 16.3 Å². The van der Waals surface area contributed by atoms with E-state index in [2.05, 4.69) is 11.4 Å². The Kier molecular flexibility index (Phi) is 4.78. The molecule has 0 aliphatic rings. The molecule has 20 heavy (non-hydrogen) atoms. The molecule has 0 spiro atoms. The highest BCUT2D eigenvalue weighted by molar-refractivity contribution is 7.16. The van der Waals surface area contributed by atoms with Gasteiger partial charge < -0.3 is 5.32 Å². The fourth-order valence-electron chi connectivity index (χ4n) is 1.81. The molecule has 2 rings (SSSR count). The Morgan fingerprint density at radius 1 is 1.35 bits per heavy atom. The summed E-state index contributed by atoms with van der Waals surface area (Å²) in [7, 11) is 0. The van der Waals surface area contributed by atoms with Gasteiger partial charge in [0, 0.05) is 4.88 Å². The second kappa shape index (κ2) is 6.56. The second-order valence-electron chi connectivity index (χ2n) is 4.42. The molecule has 1 unspecified atom stereocenters. The van der Waals surface area contributed by atoms with Crippen molar-refractivity contribution in [3.8, 4) is 6.07 Å². The summed E-state index contributed by atoms with van der Waals surface area (Å²) >= 11 is 7.34. The van der Waals surface area contributed by atoms with Crippen molar-refractivity contribution < 1.29 is 4.79 Å². The molecule has 3 nitrogen and oxygen atoms in total. The van der Waals surface area contributed by atoms with Crippen molar-refractivity contribution in [1.29, 1.82) is 5.26 Å². The maximum atomic E-state index is 12.0. The van der Waals surface area contributed by atoms with Crippen molar-refractivity contribution in [2.75, 3.05) is 0 Å². The molecule has 2 aromatic rings. The van der Waals surface area contributed by atoms with Crippen molar-refractivity contribution in [2.45, 2.75) is 19.4 Å². The van der Waals surface area contributed by atoms with E-state index in [1.807, 2.05) is 19.1 Å². The van der Waals surface area contributed by atoms with Crippen LogP contribution in [-0.2, 0) is 11.2 Å². The molecule has 0 aliphatic carbocycles. The lowest BCUT2D eigenvalue weighted by molar-refractivity contribution is -0.121. The third kappa shape index (κ3) is 3.83. The van der Waals surface area contributed by atoms with Gasteiger partial charge in [-0.05, 0) is 36.8 Å². The van der Waals surface area contributed by atoms with E-state index >= 15 is 0 Å². The highest BCUT2D eigenvalue weighted by atomic mass is 35.5. The van der Waals surface area contributed by atoms with Crippen molar-refractivity contribution in [3.05, 3.63) is 56.7 Å². The van der Waals surface area contributed by atoms with E-state index in [1.54, 1.807) is 24.3 Å². The molecule has 0 fully saturated rings. The van der Waals surface area contributed by atoms with Crippen LogP contribution >= 0.6 is 22.9 Å². The average molecular weight is 305 g/mol. The van der Waals surface area contributed by atoms with Gasteiger partial charge in [-0.2, -0.15) is 5.26 Å². The summed E-state index contributed by atoms with van der Waals surface area (Å²) in [4.78, 5) is 13.0. The summed E-state index contributed by atoms with van der Waals surface area (Å²) in [6, 6.07) is 12.8.